The summed E-state index contributed by atoms with van der Waals surface area (Å²) in [5, 5.41) is 0. The second-order valence-corrected chi connectivity index (χ2v) is 6.57. The van der Waals surface area contributed by atoms with Crippen LogP contribution in [0.15, 0.2) is 62.9 Å². The van der Waals surface area contributed by atoms with E-state index < -0.39 is 0 Å². The van der Waals surface area contributed by atoms with Gasteiger partial charge in [-0.15, -0.1) is 11.8 Å². The van der Waals surface area contributed by atoms with Crippen LogP contribution in [0.25, 0.3) is 0 Å². The first kappa shape index (κ1) is 16.3. The molecule has 2 N–H and O–H groups in total. The molecule has 110 valence electrons. The average Bonchev–Trinajstić information content (AvgIpc) is 2.50. The summed E-state index contributed by atoms with van der Waals surface area (Å²) in [6.07, 6.45) is 2.89. The van der Waals surface area contributed by atoms with E-state index in [4.69, 9.17) is 5.73 Å². The Labute approximate surface area is 139 Å². The molecule has 0 saturated carbocycles. The summed E-state index contributed by atoms with van der Waals surface area (Å²) in [5.74, 6) is 0.951. The number of rotatable bonds is 7. The van der Waals surface area contributed by atoms with Gasteiger partial charge in [0.2, 0.25) is 0 Å². The average molecular weight is 363 g/mol. The molecule has 0 unspecified atom stereocenters. The number of thioether (sulfide) groups is 1. The van der Waals surface area contributed by atoms with Gasteiger partial charge in [-0.2, -0.15) is 0 Å². The molecule has 0 radical (unpaired) electrons. The van der Waals surface area contributed by atoms with Gasteiger partial charge in [0.05, 0.1) is 0 Å². The lowest BCUT2D eigenvalue weighted by Gasteiger charge is -2.06. The number of nitrogens with two attached hydrogens (primary N) is 1. The van der Waals surface area contributed by atoms with Crippen molar-refractivity contribution in [2.75, 3.05) is 13.1 Å². The normalized spacial score (nSPS) is 11.1. The molecule has 0 heterocycles. The Morgan fingerprint density at radius 1 is 1.14 bits per heavy atom. The van der Waals surface area contributed by atoms with E-state index >= 15 is 0 Å². The van der Waals surface area contributed by atoms with Gasteiger partial charge in [0.25, 0.3) is 0 Å². The zero-order valence-corrected chi connectivity index (χ0v) is 14.2. The highest BCUT2D eigenvalue weighted by Crippen LogP contribution is 2.26. The van der Waals surface area contributed by atoms with Crippen molar-refractivity contribution in [1.29, 1.82) is 0 Å². The zero-order chi connectivity index (χ0) is 14.9. The fourth-order valence-corrected chi connectivity index (χ4v) is 3.26. The molecular formula is C17H19BrN2S. The van der Waals surface area contributed by atoms with Gasteiger partial charge in [-0.3, -0.25) is 4.99 Å². The minimum Gasteiger partial charge on any atom is -0.330 e. The fourth-order valence-electron chi connectivity index (χ4n) is 1.85. The van der Waals surface area contributed by atoms with Crippen LogP contribution in [0.4, 0.5) is 0 Å². The minimum absolute atomic E-state index is 0.691. The van der Waals surface area contributed by atoms with Gasteiger partial charge in [0.15, 0.2) is 0 Å². The summed E-state index contributed by atoms with van der Waals surface area (Å²) in [6.45, 7) is 1.48. The highest BCUT2D eigenvalue weighted by atomic mass is 79.9. The topological polar surface area (TPSA) is 38.4 Å². The predicted octanol–water partition coefficient (Wildman–Crippen LogP) is 4.51. The molecule has 2 nitrogen and oxygen atoms in total. The monoisotopic (exact) mass is 362 g/mol. The Morgan fingerprint density at radius 3 is 2.81 bits per heavy atom. The second-order valence-electron chi connectivity index (χ2n) is 4.63. The minimum atomic E-state index is 0.691. The molecular weight excluding hydrogens is 344 g/mol. The molecule has 2 aromatic rings. The van der Waals surface area contributed by atoms with E-state index in [-0.39, 0.29) is 0 Å². The Bertz CT molecular complexity index is 599. The number of hydrogen-bond donors (Lipinski definition) is 1. The Hall–Kier alpha value is -1.10. The SMILES string of the molecule is NCCCN=Cc1ccccc1SCc1cccc(Br)c1. The van der Waals surface area contributed by atoms with Crippen LogP contribution >= 0.6 is 27.7 Å². The van der Waals surface area contributed by atoms with E-state index in [0.29, 0.717) is 6.54 Å². The van der Waals surface area contributed by atoms with Crippen LogP contribution in [-0.2, 0) is 5.75 Å². The van der Waals surface area contributed by atoms with Gasteiger partial charge >= 0.3 is 0 Å². The highest BCUT2D eigenvalue weighted by molar-refractivity contribution is 9.10. The van der Waals surface area contributed by atoms with Crippen molar-refractivity contribution in [1.82, 2.24) is 0 Å². The standard InChI is InChI=1S/C17H19BrN2S/c18-16-7-3-5-14(11-16)13-21-17-8-2-1-6-15(17)12-20-10-4-9-19/h1-3,5-8,11-12H,4,9-10,13,19H2. The highest BCUT2D eigenvalue weighted by Gasteiger charge is 2.01. The summed E-state index contributed by atoms with van der Waals surface area (Å²) >= 11 is 5.35. The van der Waals surface area contributed by atoms with Crippen molar-refractivity contribution in [3.8, 4) is 0 Å². The van der Waals surface area contributed by atoms with Crippen molar-refractivity contribution >= 4 is 33.9 Å². The summed E-state index contributed by atoms with van der Waals surface area (Å²) in [7, 11) is 0. The van der Waals surface area contributed by atoms with Crippen molar-refractivity contribution in [3.05, 3.63) is 64.1 Å². The lowest BCUT2D eigenvalue weighted by Crippen LogP contribution is -2.00. The molecule has 0 saturated heterocycles. The molecule has 0 spiro atoms. The van der Waals surface area contributed by atoms with Gasteiger partial charge in [-0.05, 0) is 36.7 Å². The lowest BCUT2D eigenvalue weighted by molar-refractivity contribution is 0.847. The smallest absolute Gasteiger partial charge is 0.0401 e. The van der Waals surface area contributed by atoms with E-state index in [1.54, 1.807) is 0 Å². The van der Waals surface area contributed by atoms with E-state index in [9.17, 15) is 0 Å². The summed E-state index contributed by atoms with van der Waals surface area (Å²) in [5.41, 5.74) is 7.97. The predicted molar refractivity (Wildman–Crippen MR) is 96.3 cm³/mol. The molecule has 0 aromatic heterocycles. The van der Waals surface area contributed by atoms with Crippen LogP contribution in [0.2, 0.25) is 0 Å². The molecule has 2 aromatic carbocycles. The first-order chi connectivity index (χ1) is 10.3. The third-order valence-corrected chi connectivity index (χ3v) is 4.58. The summed E-state index contributed by atoms with van der Waals surface area (Å²) in [4.78, 5) is 5.69. The molecule has 21 heavy (non-hydrogen) atoms. The van der Waals surface area contributed by atoms with Crippen molar-refractivity contribution < 1.29 is 0 Å². The molecule has 0 aliphatic carbocycles. The maximum absolute atomic E-state index is 5.48. The number of aliphatic imine (C=N–C) groups is 1. The van der Waals surface area contributed by atoms with Gasteiger partial charge in [0, 0.05) is 33.4 Å². The van der Waals surface area contributed by atoms with Gasteiger partial charge in [-0.25, -0.2) is 0 Å². The van der Waals surface area contributed by atoms with Crippen LogP contribution < -0.4 is 5.73 Å². The van der Waals surface area contributed by atoms with E-state index in [1.165, 1.54) is 16.0 Å². The Kier molecular flexibility index (Phi) is 7.00. The van der Waals surface area contributed by atoms with Crippen LogP contribution in [0.5, 0.6) is 0 Å². The Balaban J connectivity index is 2.01. The molecule has 0 fully saturated rings. The van der Waals surface area contributed by atoms with Gasteiger partial charge in [0.1, 0.15) is 0 Å². The third-order valence-electron chi connectivity index (χ3n) is 2.92. The Morgan fingerprint density at radius 2 is 2.00 bits per heavy atom. The largest absolute Gasteiger partial charge is 0.330 e. The van der Waals surface area contributed by atoms with E-state index in [0.717, 1.165) is 23.2 Å². The van der Waals surface area contributed by atoms with Crippen LogP contribution in [0.1, 0.15) is 17.5 Å². The van der Waals surface area contributed by atoms with E-state index in [2.05, 4.69) is 57.3 Å². The number of benzene rings is 2. The van der Waals surface area contributed by atoms with Crippen LogP contribution in [0.3, 0.4) is 0 Å². The van der Waals surface area contributed by atoms with Crippen molar-refractivity contribution in [2.24, 2.45) is 10.7 Å². The quantitative estimate of drug-likeness (QED) is 0.447. The lowest BCUT2D eigenvalue weighted by atomic mass is 10.2. The number of nitrogens with zero attached hydrogens (tertiary/aromatic N) is 1. The molecule has 2 rings (SSSR count). The molecule has 4 heteroatoms. The molecule has 0 aliphatic rings. The first-order valence-electron chi connectivity index (χ1n) is 6.96. The zero-order valence-electron chi connectivity index (χ0n) is 11.8. The third kappa shape index (κ3) is 5.65. The second kappa shape index (κ2) is 9.03. The molecule has 0 atom stereocenters. The summed E-state index contributed by atoms with van der Waals surface area (Å²) in [6, 6.07) is 16.8. The van der Waals surface area contributed by atoms with Crippen LogP contribution in [-0.4, -0.2) is 19.3 Å². The maximum Gasteiger partial charge on any atom is 0.0401 e. The maximum atomic E-state index is 5.48. The molecule has 0 bridgehead atoms. The molecule has 0 aliphatic heterocycles. The van der Waals surface area contributed by atoms with Gasteiger partial charge < -0.3 is 5.73 Å². The van der Waals surface area contributed by atoms with Gasteiger partial charge in [-0.1, -0.05) is 46.3 Å². The first-order valence-corrected chi connectivity index (χ1v) is 8.73. The number of hydrogen-bond acceptors (Lipinski definition) is 3. The molecule has 0 amide bonds. The van der Waals surface area contributed by atoms with Crippen molar-refractivity contribution in [3.63, 3.8) is 0 Å². The van der Waals surface area contributed by atoms with Crippen molar-refractivity contribution in [2.45, 2.75) is 17.1 Å². The summed E-state index contributed by atoms with van der Waals surface area (Å²) < 4.78 is 1.12. The number of halogens is 1. The van der Waals surface area contributed by atoms with E-state index in [1.807, 2.05) is 30.1 Å². The fraction of sp³-hybridized carbons (Fsp3) is 0.235. The van der Waals surface area contributed by atoms with Crippen LogP contribution in [0, 0.1) is 0 Å².